The number of fused-ring (bicyclic) bond motifs is 4. The molecule has 202 valence electrons. The number of amidine groups is 1. The zero-order valence-electron chi connectivity index (χ0n) is 20.5. The van der Waals surface area contributed by atoms with Gasteiger partial charge in [-0.25, -0.2) is 13.2 Å². The molecule has 1 fully saturated rings. The third kappa shape index (κ3) is 4.56. The van der Waals surface area contributed by atoms with Crippen LogP contribution >= 0.6 is 0 Å². The lowest BCUT2D eigenvalue weighted by Crippen LogP contribution is -2.51. The van der Waals surface area contributed by atoms with Crippen LogP contribution in [0.5, 0.6) is 5.75 Å². The number of carbonyl (C=O) groups is 2. The third-order valence-corrected chi connectivity index (χ3v) is 7.22. The molecule has 38 heavy (non-hydrogen) atoms. The van der Waals surface area contributed by atoms with E-state index in [1.165, 1.54) is 10.8 Å². The van der Waals surface area contributed by atoms with Crippen LogP contribution in [0, 0.1) is 17.5 Å². The van der Waals surface area contributed by atoms with E-state index in [0.717, 1.165) is 19.5 Å². The lowest BCUT2D eigenvalue weighted by molar-refractivity contribution is 0.0482. The molecule has 2 aromatic rings. The Kier molecular flexibility index (Phi) is 6.76. The van der Waals surface area contributed by atoms with Crippen molar-refractivity contribution < 1.29 is 32.7 Å². The number of rotatable bonds is 3. The topological polar surface area (TPSA) is 116 Å². The Morgan fingerprint density at radius 2 is 1.92 bits per heavy atom. The van der Waals surface area contributed by atoms with E-state index in [2.05, 4.69) is 10.5 Å². The average Bonchev–Trinajstić information content (AvgIpc) is 2.82. The zero-order valence-corrected chi connectivity index (χ0v) is 20.5. The highest BCUT2D eigenvalue weighted by atomic mass is 19.1. The lowest BCUT2D eigenvalue weighted by atomic mass is 10.0. The van der Waals surface area contributed by atoms with Gasteiger partial charge in [-0.05, 0) is 13.3 Å². The number of aromatic hydroxyl groups is 1. The number of likely N-dealkylation sites (tertiary alicyclic amines) is 1. The monoisotopic (exact) mass is 533 g/mol. The van der Waals surface area contributed by atoms with Crippen molar-refractivity contribution >= 4 is 17.6 Å². The quantitative estimate of drug-likeness (QED) is 0.625. The number of aromatic nitrogens is 1. The molecule has 1 saturated heterocycles. The smallest absolute Gasteiger partial charge is 0.274 e. The predicted molar refractivity (Wildman–Crippen MR) is 128 cm³/mol. The molecule has 2 atom stereocenters. The molecule has 3 aliphatic rings. The number of benzene rings is 1. The fourth-order valence-electron chi connectivity index (χ4n) is 4.87. The second-order valence-corrected chi connectivity index (χ2v) is 9.64. The van der Waals surface area contributed by atoms with Gasteiger partial charge in [0.05, 0.1) is 6.04 Å². The van der Waals surface area contributed by atoms with Gasteiger partial charge in [0.15, 0.2) is 11.4 Å². The van der Waals surface area contributed by atoms with Gasteiger partial charge < -0.3 is 29.6 Å². The van der Waals surface area contributed by atoms with Crippen LogP contribution in [0.4, 0.5) is 13.2 Å². The van der Waals surface area contributed by atoms with Crippen LogP contribution in [-0.4, -0.2) is 69.4 Å². The Morgan fingerprint density at radius 1 is 1.21 bits per heavy atom. The Labute approximate surface area is 215 Å². The van der Waals surface area contributed by atoms with Gasteiger partial charge in [-0.15, -0.1) is 0 Å². The predicted octanol–water partition coefficient (Wildman–Crippen LogP) is 2.12. The number of halogens is 3. The number of nitrogens with one attached hydrogen (secondary N) is 1. The summed E-state index contributed by atoms with van der Waals surface area (Å²) in [7, 11) is 0. The van der Waals surface area contributed by atoms with E-state index in [0.29, 0.717) is 37.4 Å². The first-order chi connectivity index (χ1) is 18.2. The van der Waals surface area contributed by atoms with Crippen LogP contribution in [0.1, 0.15) is 58.6 Å². The standard InChI is InChI=1S/C25H26F3N5O5/c1-13-3-6-38-30-20(31-4-2-5-31)9-15-11-32(13)25(37)21-23(35)22(34)17(12-33(15)21)24(36)29-10-16-18(27)7-14(26)8-19(16)28/h7-8,12-13,15,35H,2-6,9-11H2,1H3,(H,29,36)/b30-20+/t13-,15-/m0/s1. The summed E-state index contributed by atoms with van der Waals surface area (Å²) < 4.78 is 42.6. The molecule has 0 spiro atoms. The number of pyridine rings is 1. The second-order valence-electron chi connectivity index (χ2n) is 9.64. The molecule has 2 N–H and O–H groups in total. The number of hydrogen-bond acceptors (Lipinski definition) is 7. The van der Waals surface area contributed by atoms with Crippen molar-refractivity contribution in [3.05, 3.63) is 62.8 Å². The SMILES string of the molecule is C[C@H]1CCO/N=C(/N2CCC2)C[C@H]2CN1C(=O)c1c(O)c(=O)c(C(=O)NCc3c(F)cc(F)cc3F)cn12. The Morgan fingerprint density at radius 3 is 2.58 bits per heavy atom. The van der Waals surface area contributed by atoms with Crippen molar-refractivity contribution in [2.45, 2.75) is 44.8 Å². The van der Waals surface area contributed by atoms with E-state index in [4.69, 9.17) is 4.84 Å². The zero-order chi connectivity index (χ0) is 27.1. The van der Waals surface area contributed by atoms with Crippen molar-refractivity contribution in [3.8, 4) is 5.75 Å². The largest absolute Gasteiger partial charge is 0.503 e. The molecule has 1 aromatic heterocycles. The Balaban J connectivity index is 1.51. The molecular weight excluding hydrogens is 507 g/mol. The van der Waals surface area contributed by atoms with Crippen molar-refractivity contribution in [1.82, 2.24) is 19.7 Å². The van der Waals surface area contributed by atoms with Crippen molar-refractivity contribution in [3.63, 3.8) is 0 Å². The van der Waals surface area contributed by atoms with Crippen molar-refractivity contribution in [2.24, 2.45) is 5.16 Å². The first-order valence-corrected chi connectivity index (χ1v) is 12.3. The van der Waals surface area contributed by atoms with Crippen LogP contribution in [0.3, 0.4) is 0 Å². The van der Waals surface area contributed by atoms with E-state index in [1.807, 2.05) is 11.8 Å². The van der Waals surface area contributed by atoms with E-state index >= 15 is 0 Å². The van der Waals surface area contributed by atoms with Gasteiger partial charge in [-0.2, -0.15) is 0 Å². The summed E-state index contributed by atoms with van der Waals surface area (Å²) in [5, 5.41) is 17.3. The van der Waals surface area contributed by atoms with Crippen molar-refractivity contribution in [1.29, 1.82) is 0 Å². The second kappa shape index (κ2) is 10.0. The first kappa shape index (κ1) is 25.6. The molecule has 0 radical (unpaired) electrons. The third-order valence-electron chi connectivity index (χ3n) is 7.22. The summed E-state index contributed by atoms with van der Waals surface area (Å²) in [4.78, 5) is 48.4. The van der Waals surface area contributed by atoms with Crippen LogP contribution < -0.4 is 10.7 Å². The van der Waals surface area contributed by atoms with Gasteiger partial charge in [-0.3, -0.25) is 14.4 Å². The highest BCUT2D eigenvalue weighted by molar-refractivity contribution is 5.99. The van der Waals surface area contributed by atoms with E-state index < -0.39 is 64.2 Å². The van der Waals surface area contributed by atoms with Gasteiger partial charge in [0.1, 0.15) is 35.5 Å². The Bertz CT molecular complexity index is 1370. The van der Waals surface area contributed by atoms with E-state index in [1.54, 1.807) is 4.90 Å². The van der Waals surface area contributed by atoms with Crippen molar-refractivity contribution in [2.75, 3.05) is 26.2 Å². The number of oxime groups is 1. The molecule has 10 nitrogen and oxygen atoms in total. The van der Waals surface area contributed by atoms with Crippen LogP contribution in [-0.2, 0) is 11.4 Å². The normalized spacial score (nSPS) is 22.5. The first-order valence-electron chi connectivity index (χ1n) is 12.3. The van der Waals surface area contributed by atoms with Gasteiger partial charge in [0.2, 0.25) is 5.43 Å². The summed E-state index contributed by atoms with van der Waals surface area (Å²) in [5.41, 5.74) is -2.44. The molecule has 0 saturated carbocycles. The van der Waals surface area contributed by atoms with Gasteiger partial charge in [-0.1, -0.05) is 5.16 Å². The lowest BCUT2D eigenvalue weighted by Gasteiger charge is -2.42. The Hall–Kier alpha value is -4.03. The van der Waals surface area contributed by atoms with E-state index in [9.17, 15) is 32.7 Å². The molecule has 2 bridgehead atoms. The van der Waals surface area contributed by atoms with Crippen LogP contribution in [0.2, 0.25) is 0 Å². The molecule has 13 heteroatoms. The summed E-state index contributed by atoms with van der Waals surface area (Å²) in [5.74, 6) is -5.33. The number of amides is 2. The summed E-state index contributed by atoms with van der Waals surface area (Å²) in [6.07, 6.45) is 2.96. The molecule has 5 rings (SSSR count). The highest BCUT2D eigenvalue weighted by Crippen LogP contribution is 2.32. The highest BCUT2D eigenvalue weighted by Gasteiger charge is 2.39. The maximum Gasteiger partial charge on any atom is 0.274 e. The minimum atomic E-state index is -1.20. The number of carbonyl (C=O) groups excluding carboxylic acids is 2. The molecular formula is C25H26F3N5O5. The molecule has 2 amide bonds. The van der Waals surface area contributed by atoms with Gasteiger partial charge in [0, 0.05) is 69.0 Å². The minimum Gasteiger partial charge on any atom is -0.503 e. The molecule has 1 aromatic carbocycles. The van der Waals surface area contributed by atoms with Crippen LogP contribution in [0.15, 0.2) is 28.3 Å². The van der Waals surface area contributed by atoms with Crippen LogP contribution in [0.25, 0.3) is 0 Å². The molecule has 0 unspecified atom stereocenters. The summed E-state index contributed by atoms with van der Waals surface area (Å²) in [6, 6.07) is 0.194. The minimum absolute atomic E-state index is 0.241. The van der Waals surface area contributed by atoms with Gasteiger partial charge >= 0.3 is 0 Å². The molecule has 0 aliphatic carbocycles. The molecule has 4 heterocycles. The van der Waals surface area contributed by atoms with E-state index in [-0.39, 0.29) is 18.3 Å². The van der Waals surface area contributed by atoms with Gasteiger partial charge in [0.25, 0.3) is 11.8 Å². The number of nitrogens with zero attached hydrogens (tertiary/aromatic N) is 4. The summed E-state index contributed by atoms with van der Waals surface area (Å²) in [6.45, 7) is 3.28. The maximum atomic E-state index is 14.0. The number of hydrogen-bond donors (Lipinski definition) is 2. The maximum absolute atomic E-state index is 14.0. The fourth-order valence-corrected chi connectivity index (χ4v) is 4.87. The average molecular weight is 534 g/mol. The summed E-state index contributed by atoms with van der Waals surface area (Å²) >= 11 is 0. The fraction of sp³-hybridized carbons (Fsp3) is 0.440. The molecule has 3 aliphatic heterocycles.